The summed E-state index contributed by atoms with van der Waals surface area (Å²) in [6.45, 7) is 0.840. The number of aromatic nitrogens is 2. The van der Waals surface area contributed by atoms with Crippen molar-refractivity contribution in [3.63, 3.8) is 0 Å². The Hall–Kier alpha value is -1.87. The number of anilines is 1. The molecule has 22 heavy (non-hydrogen) atoms. The Labute approximate surface area is 128 Å². The van der Waals surface area contributed by atoms with Crippen molar-refractivity contribution in [1.29, 1.82) is 0 Å². The van der Waals surface area contributed by atoms with Gasteiger partial charge >= 0.3 is 0 Å². The summed E-state index contributed by atoms with van der Waals surface area (Å²) in [6, 6.07) is 2.78. The third-order valence-corrected chi connectivity index (χ3v) is 3.94. The largest absolute Gasteiger partial charge is 0.467 e. The summed E-state index contributed by atoms with van der Waals surface area (Å²) in [5, 5.41) is 9.89. The molecule has 0 saturated heterocycles. The van der Waals surface area contributed by atoms with Gasteiger partial charge in [-0.3, -0.25) is 0 Å². The van der Waals surface area contributed by atoms with Crippen molar-refractivity contribution in [3.05, 3.63) is 34.1 Å². The summed E-state index contributed by atoms with van der Waals surface area (Å²) in [7, 11) is 0. The van der Waals surface area contributed by atoms with Crippen LogP contribution in [0.1, 0.15) is 22.6 Å². The van der Waals surface area contributed by atoms with Crippen LogP contribution in [0.3, 0.4) is 0 Å². The van der Waals surface area contributed by atoms with Gasteiger partial charge < -0.3 is 14.8 Å². The highest BCUT2D eigenvalue weighted by Gasteiger charge is 2.17. The van der Waals surface area contributed by atoms with Crippen molar-refractivity contribution < 1.29 is 22.6 Å². The van der Waals surface area contributed by atoms with Crippen molar-refractivity contribution in [2.24, 2.45) is 0 Å². The maximum absolute atomic E-state index is 13.6. The van der Waals surface area contributed by atoms with E-state index in [1.807, 2.05) is 0 Å². The number of fused-ring (bicyclic) bond motifs is 1. The molecule has 118 valence electrons. The first-order valence-corrected chi connectivity index (χ1v) is 7.32. The highest BCUT2D eigenvalue weighted by Crippen LogP contribution is 2.30. The van der Waals surface area contributed by atoms with E-state index in [0.29, 0.717) is 41.6 Å². The Morgan fingerprint density at radius 1 is 1.32 bits per heavy atom. The summed E-state index contributed by atoms with van der Waals surface area (Å²) in [6.07, 6.45) is -2.17. The third-order valence-electron chi connectivity index (χ3n) is 3.05. The van der Waals surface area contributed by atoms with Crippen molar-refractivity contribution >= 4 is 16.5 Å². The van der Waals surface area contributed by atoms with E-state index in [9.17, 15) is 13.2 Å². The summed E-state index contributed by atoms with van der Waals surface area (Å²) in [4.78, 5) is 0. The molecule has 1 aliphatic rings. The van der Waals surface area contributed by atoms with Crippen molar-refractivity contribution in [3.8, 4) is 5.75 Å². The highest BCUT2D eigenvalue weighted by atomic mass is 32.1. The molecule has 1 aliphatic heterocycles. The SMILES string of the molecule is Fc1cc(CCNc2nnc(C(F)F)s2)c2c(c1)COCO2. The average Bonchev–Trinajstić information content (AvgIpc) is 2.96. The molecule has 0 radical (unpaired) electrons. The number of halogens is 3. The zero-order chi connectivity index (χ0) is 15.5. The maximum Gasteiger partial charge on any atom is 0.291 e. The van der Waals surface area contributed by atoms with Crippen molar-refractivity contribution in [1.82, 2.24) is 10.2 Å². The van der Waals surface area contributed by atoms with Crippen LogP contribution >= 0.6 is 11.3 Å². The summed E-state index contributed by atoms with van der Waals surface area (Å²) >= 11 is 0.799. The second-order valence-corrected chi connectivity index (χ2v) is 5.60. The minimum atomic E-state index is -2.63. The van der Waals surface area contributed by atoms with Crippen LogP contribution in [0.4, 0.5) is 18.3 Å². The molecule has 0 spiro atoms. The second kappa shape index (κ2) is 6.49. The van der Waals surface area contributed by atoms with Crippen LogP contribution in [0.25, 0.3) is 0 Å². The van der Waals surface area contributed by atoms with Crippen LogP contribution in [0.5, 0.6) is 5.75 Å². The number of hydrogen-bond acceptors (Lipinski definition) is 6. The maximum atomic E-state index is 13.6. The Balaban J connectivity index is 1.65. The van der Waals surface area contributed by atoms with Crippen molar-refractivity contribution in [2.45, 2.75) is 19.5 Å². The Morgan fingerprint density at radius 2 is 2.18 bits per heavy atom. The monoisotopic (exact) mass is 331 g/mol. The molecule has 0 bridgehead atoms. The quantitative estimate of drug-likeness (QED) is 0.912. The van der Waals surface area contributed by atoms with Gasteiger partial charge in [-0.15, -0.1) is 10.2 Å². The number of benzene rings is 1. The van der Waals surface area contributed by atoms with E-state index in [1.165, 1.54) is 12.1 Å². The van der Waals surface area contributed by atoms with E-state index in [1.54, 1.807) is 0 Å². The molecular formula is C13H12F3N3O2S. The summed E-state index contributed by atoms with van der Waals surface area (Å²) in [5.74, 6) is 0.263. The zero-order valence-corrected chi connectivity index (χ0v) is 12.1. The fourth-order valence-corrected chi connectivity index (χ4v) is 2.77. The van der Waals surface area contributed by atoms with Gasteiger partial charge in [0.2, 0.25) is 5.13 Å². The van der Waals surface area contributed by atoms with E-state index in [-0.39, 0.29) is 17.6 Å². The lowest BCUT2D eigenvalue weighted by Gasteiger charge is -2.20. The molecule has 0 atom stereocenters. The number of nitrogens with one attached hydrogen (secondary N) is 1. The molecule has 9 heteroatoms. The van der Waals surface area contributed by atoms with E-state index in [0.717, 1.165) is 11.3 Å². The van der Waals surface area contributed by atoms with E-state index in [4.69, 9.17) is 9.47 Å². The smallest absolute Gasteiger partial charge is 0.291 e. The normalized spacial score (nSPS) is 13.8. The first-order valence-electron chi connectivity index (χ1n) is 6.51. The van der Waals surface area contributed by atoms with Crippen molar-refractivity contribution in [2.75, 3.05) is 18.7 Å². The van der Waals surface area contributed by atoms with Gasteiger partial charge in [0.05, 0.1) is 6.61 Å². The minimum absolute atomic E-state index is 0.132. The number of alkyl halides is 2. The lowest BCUT2D eigenvalue weighted by atomic mass is 10.1. The molecule has 3 rings (SSSR count). The molecule has 2 heterocycles. The second-order valence-electron chi connectivity index (χ2n) is 4.59. The van der Waals surface area contributed by atoms with Crippen LogP contribution in [0.2, 0.25) is 0 Å². The van der Waals surface area contributed by atoms with Gasteiger partial charge in [0.1, 0.15) is 11.6 Å². The molecule has 0 aliphatic carbocycles. The molecule has 0 saturated carbocycles. The lowest BCUT2D eigenvalue weighted by Crippen LogP contribution is -2.15. The number of rotatable bonds is 5. The molecule has 2 aromatic rings. The predicted molar refractivity (Wildman–Crippen MR) is 73.7 cm³/mol. The van der Waals surface area contributed by atoms with E-state index in [2.05, 4.69) is 15.5 Å². The Kier molecular flexibility index (Phi) is 4.44. The van der Waals surface area contributed by atoms with Gasteiger partial charge in [-0.2, -0.15) is 0 Å². The van der Waals surface area contributed by atoms with Crippen LogP contribution in [0, 0.1) is 5.82 Å². The van der Waals surface area contributed by atoms with Gasteiger partial charge in [-0.25, -0.2) is 13.2 Å². The summed E-state index contributed by atoms with van der Waals surface area (Å²) in [5.41, 5.74) is 1.36. The fraction of sp³-hybridized carbons (Fsp3) is 0.385. The number of hydrogen-bond donors (Lipinski definition) is 1. The molecule has 0 fully saturated rings. The topological polar surface area (TPSA) is 56.3 Å². The van der Waals surface area contributed by atoms with Crippen LogP contribution in [-0.4, -0.2) is 23.5 Å². The minimum Gasteiger partial charge on any atom is -0.467 e. The molecular weight excluding hydrogens is 319 g/mol. The van der Waals surface area contributed by atoms with E-state index >= 15 is 0 Å². The first-order chi connectivity index (χ1) is 10.6. The molecule has 1 aromatic heterocycles. The fourth-order valence-electron chi connectivity index (χ4n) is 2.14. The predicted octanol–water partition coefficient (Wildman–Crippen LogP) is 3.14. The zero-order valence-electron chi connectivity index (χ0n) is 11.3. The van der Waals surface area contributed by atoms with Crippen LogP contribution in [-0.2, 0) is 17.8 Å². The van der Waals surface area contributed by atoms with Gasteiger partial charge in [-0.05, 0) is 24.1 Å². The van der Waals surface area contributed by atoms with Crippen LogP contribution < -0.4 is 10.1 Å². The van der Waals surface area contributed by atoms with Gasteiger partial charge in [0, 0.05) is 12.1 Å². The molecule has 1 N–H and O–H groups in total. The molecule has 0 unspecified atom stereocenters. The lowest BCUT2D eigenvalue weighted by molar-refractivity contribution is -0.0172. The molecule has 0 amide bonds. The average molecular weight is 331 g/mol. The van der Waals surface area contributed by atoms with Gasteiger partial charge in [-0.1, -0.05) is 11.3 Å². The molecule has 5 nitrogen and oxygen atoms in total. The van der Waals surface area contributed by atoms with Gasteiger partial charge in [0.15, 0.2) is 11.8 Å². The Bertz CT molecular complexity index is 666. The first kappa shape index (κ1) is 15.0. The standard InChI is InChI=1S/C13H12F3N3O2S/c14-9-3-7(10-8(4-9)5-20-6-21-10)1-2-17-13-19-18-12(22-13)11(15)16/h3-4,11H,1-2,5-6H2,(H,17,19). The summed E-state index contributed by atoms with van der Waals surface area (Å²) < 4.78 is 48.9. The highest BCUT2D eigenvalue weighted by molar-refractivity contribution is 7.15. The van der Waals surface area contributed by atoms with Crippen LogP contribution in [0.15, 0.2) is 12.1 Å². The van der Waals surface area contributed by atoms with Gasteiger partial charge in [0.25, 0.3) is 6.43 Å². The van der Waals surface area contributed by atoms with E-state index < -0.39 is 6.43 Å². The number of ether oxygens (including phenoxy) is 2. The Morgan fingerprint density at radius 3 is 2.95 bits per heavy atom. The third kappa shape index (κ3) is 3.30. The number of nitrogens with zero attached hydrogens (tertiary/aromatic N) is 2. The molecule has 1 aromatic carbocycles.